The highest BCUT2D eigenvalue weighted by atomic mass is 35.5. The van der Waals surface area contributed by atoms with E-state index in [-0.39, 0.29) is 5.56 Å². The molecule has 0 aliphatic carbocycles. The second kappa shape index (κ2) is 8.81. The summed E-state index contributed by atoms with van der Waals surface area (Å²) in [7, 11) is 1.85. The third-order valence-corrected chi connectivity index (χ3v) is 6.34. The Balaban J connectivity index is 1.38. The molecule has 176 valence electrons. The molecule has 0 amide bonds. The number of nitrogens with zero attached hydrogens (tertiary/aromatic N) is 4. The Labute approximate surface area is 206 Å². The first-order valence-electron chi connectivity index (χ1n) is 10.9. The number of aromatic nitrogens is 5. The highest BCUT2D eigenvalue weighted by molar-refractivity contribution is 6.36. The van der Waals surface area contributed by atoms with Gasteiger partial charge in [-0.1, -0.05) is 36.4 Å². The van der Waals surface area contributed by atoms with Crippen molar-refractivity contribution in [3.63, 3.8) is 0 Å². The van der Waals surface area contributed by atoms with Gasteiger partial charge < -0.3 is 15.0 Å². The van der Waals surface area contributed by atoms with Crippen LogP contribution in [0.15, 0.2) is 72.3 Å². The van der Waals surface area contributed by atoms with Crippen LogP contribution in [0.2, 0.25) is 5.02 Å². The second-order valence-electron chi connectivity index (χ2n) is 8.12. The summed E-state index contributed by atoms with van der Waals surface area (Å²) in [4.78, 5) is 25.1. The van der Waals surface area contributed by atoms with E-state index in [0.717, 1.165) is 22.5 Å². The predicted octanol–water partition coefficient (Wildman–Crippen LogP) is 5.59. The van der Waals surface area contributed by atoms with E-state index in [2.05, 4.69) is 26.8 Å². The molecule has 0 spiro atoms. The van der Waals surface area contributed by atoms with Crippen LogP contribution < -0.4 is 15.6 Å². The Morgan fingerprint density at radius 3 is 2.60 bits per heavy atom. The fourth-order valence-corrected chi connectivity index (χ4v) is 4.26. The molecule has 4 aromatic heterocycles. The van der Waals surface area contributed by atoms with Gasteiger partial charge in [0.05, 0.1) is 27.9 Å². The Morgan fingerprint density at radius 1 is 1.11 bits per heavy atom. The smallest absolute Gasteiger partial charge is 0.281 e. The second-order valence-corrected chi connectivity index (χ2v) is 8.50. The van der Waals surface area contributed by atoms with E-state index in [4.69, 9.17) is 16.3 Å². The largest absolute Gasteiger partial charge is 0.455 e. The molecule has 0 aliphatic heterocycles. The van der Waals surface area contributed by atoms with Gasteiger partial charge >= 0.3 is 0 Å². The maximum atomic E-state index is 13.2. The van der Waals surface area contributed by atoms with Crippen molar-refractivity contribution in [3.05, 3.63) is 99.8 Å². The van der Waals surface area contributed by atoms with Crippen molar-refractivity contribution in [2.45, 2.75) is 13.8 Å². The van der Waals surface area contributed by atoms with Crippen molar-refractivity contribution in [2.24, 2.45) is 7.05 Å². The summed E-state index contributed by atoms with van der Waals surface area (Å²) in [5.41, 5.74) is 3.85. The summed E-state index contributed by atoms with van der Waals surface area (Å²) in [6, 6.07) is 14.8. The van der Waals surface area contributed by atoms with Gasteiger partial charge in [-0.3, -0.25) is 9.48 Å². The topological polar surface area (TPSA) is 89.8 Å². The van der Waals surface area contributed by atoms with Gasteiger partial charge in [-0.2, -0.15) is 0 Å². The number of hydrogen-bond donors (Lipinski definition) is 2. The average molecular weight is 487 g/mol. The lowest BCUT2D eigenvalue weighted by atomic mass is 10.2. The number of pyridine rings is 2. The van der Waals surface area contributed by atoms with Crippen molar-refractivity contribution in [3.8, 4) is 17.2 Å². The van der Waals surface area contributed by atoms with E-state index in [1.807, 2.05) is 55.9 Å². The summed E-state index contributed by atoms with van der Waals surface area (Å²) >= 11 is 6.42. The first kappa shape index (κ1) is 22.5. The number of benzene rings is 1. The van der Waals surface area contributed by atoms with Crippen LogP contribution in [0.25, 0.3) is 22.4 Å². The van der Waals surface area contributed by atoms with Gasteiger partial charge in [0.2, 0.25) is 0 Å². The van der Waals surface area contributed by atoms with Gasteiger partial charge in [0.25, 0.3) is 5.56 Å². The fourth-order valence-electron chi connectivity index (χ4n) is 4.03. The number of fused-ring (bicyclic) bond motifs is 1. The van der Waals surface area contributed by atoms with Crippen LogP contribution in [0.4, 0.5) is 5.82 Å². The van der Waals surface area contributed by atoms with Crippen molar-refractivity contribution in [1.29, 1.82) is 0 Å². The molecule has 2 N–H and O–H groups in total. The molecule has 0 saturated heterocycles. The monoisotopic (exact) mass is 486 g/mol. The molecule has 9 heteroatoms. The lowest BCUT2D eigenvalue weighted by Gasteiger charge is -2.10. The van der Waals surface area contributed by atoms with Gasteiger partial charge in [0, 0.05) is 30.3 Å². The number of anilines is 1. The van der Waals surface area contributed by atoms with E-state index in [1.165, 1.54) is 0 Å². The van der Waals surface area contributed by atoms with Crippen LogP contribution in [0.3, 0.4) is 0 Å². The van der Waals surface area contributed by atoms with Crippen molar-refractivity contribution < 1.29 is 4.74 Å². The third-order valence-electron chi connectivity index (χ3n) is 5.87. The molecule has 35 heavy (non-hydrogen) atoms. The van der Waals surface area contributed by atoms with Crippen molar-refractivity contribution in [1.82, 2.24) is 24.3 Å². The molecule has 4 heterocycles. The van der Waals surface area contributed by atoms with Crippen LogP contribution in [-0.4, -0.2) is 24.3 Å². The third kappa shape index (κ3) is 3.98. The van der Waals surface area contributed by atoms with E-state index in [9.17, 15) is 4.79 Å². The molecule has 1 aromatic carbocycles. The zero-order chi connectivity index (χ0) is 24.7. The molecular formula is C26H23ClN6O2. The minimum atomic E-state index is -0.158. The normalized spacial score (nSPS) is 11.1. The summed E-state index contributed by atoms with van der Waals surface area (Å²) in [5, 5.41) is 4.43. The minimum absolute atomic E-state index is 0.158. The molecule has 0 fully saturated rings. The van der Waals surface area contributed by atoms with E-state index < -0.39 is 0 Å². The van der Waals surface area contributed by atoms with E-state index >= 15 is 0 Å². The lowest BCUT2D eigenvalue weighted by molar-refractivity contribution is 0.485. The number of aromatic amines is 1. The maximum absolute atomic E-state index is 13.2. The molecule has 0 unspecified atom stereocenters. The molecule has 0 radical (unpaired) electrons. The summed E-state index contributed by atoms with van der Waals surface area (Å²) in [6.45, 7) is 7.86. The first-order valence-corrected chi connectivity index (χ1v) is 11.3. The summed E-state index contributed by atoms with van der Waals surface area (Å²) in [6.07, 6.45) is 3.25. The molecular weight excluding hydrogens is 464 g/mol. The Bertz CT molecular complexity index is 1610. The van der Waals surface area contributed by atoms with Crippen LogP contribution in [0.5, 0.6) is 11.5 Å². The van der Waals surface area contributed by atoms with Crippen molar-refractivity contribution in [2.75, 3.05) is 5.32 Å². The maximum Gasteiger partial charge on any atom is 0.281 e. The van der Waals surface area contributed by atoms with Gasteiger partial charge in [-0.05, 0) is 44.2 Å². The fraction of sp³-hybridized carbons (Fsp3) is 0.115. The van der Waals surface area contributed by atoms with Crippen LogP contribution >= 0.6 is 11.6 Å². The predicted molar refractivity (Wildman–Crippen MR) is 139 cm³/mol. The number of hydrogen-bond acceptors (Lipinski definition) is 5. The number of nitrogens with one attached hydrogen (secondary N) is 2. The number of H-pyrrole nitrogens is 1. The number of aryl methyl sites for hydroxylation is 1. The minimum Gasteiger partial charge on any atom is -0.455 e. The SMILES string of the molecule is C=C(Nc1ccc(Oc2ccnc3[nH]c(C)c(Cl)c23)cn1)c1c(C)n(C)n(-c2ccccc2)c1=O. The number of halogens is 1. The number of ether oxygens (including phenoxy) is 1. The quantitative estimate of drug-likeness (QED) is 0.326. The summed E-state index contributed by atoms with van der Waals surface area (Å²) < 4.78 is 9.45. The molecule has 8 nitrogen and oxygen atoms in total. The van der Waals surface area contributed by atoms with Crippen LogP contribution in [-0.2, 0) is 7.05 Å². The molecule has 0 saturated carbocycles. The van der Waals surface area contributed by atoms with Gasteiger partial charge in [-0.15, -0.1) is 0 Å². The van der Waals surface area contributed by atoms with Gasteiger partial charge in [0.15, 0.2) is 0 Å². The van der Waals surface area contributed by atoms with Crippen LogP contribution in [0, 0.1) is 13.8 Å². The van der Waals surface area contributed by atoms with Gasteiger partial charge in [0.1, 0.15) is 23.0 Å². The van der Waals surface area contributed by atoms with E-state index in [1.54, 1.807) is 35.3 Å². The Kier molecular flexibility index (Phi) is 5.66. The molecule has 5 rings (SSSR count). The number of rotatable bonds is 6. The highest BCUT2D eigenvalue weighted by Crippen LogP contribution is 2.35. The van der Waals surface area contributed by atoms with Crippen molar-refractivity contribution >= 4 is 34.1 Å². The Morgan fingerprint density at radius 2 is 1.89 bits per heavy atom. The standard InChI is InChI=1S/C26H23ClN6O2/c1-15(22-17(3)32(4)33(26(22)34)18-8-6-5-7-9-18)30-21-11-10-19(14-29-21)35-20-12-13-28-25-23(20)24(27)16(2)31-25/h5-14H,1H2,2-4H3,(H,28,31)(H,29,30). The van der Waals surface area contributed by atoms with Crippen LogP contribution in [0.1, 0.15) is 17.0 Å². The zero-order valence-corrected chi connectivity index (χ0v) is 20.2. The van der Waals surface area contributed by atoms with Gasteiger partial charge in [-0.25, -0.2) is 14.6 Å². The average Bonchev–Trinajstić information content (AvgIpc) is 3.27. The molecule has 0 aliphatic rings. The summed E-state index contributed by atoms with van der Waals surface area (Å²) in [5.74, 6) is 1.65. The Hall–Kier alpha value is -4.30. The first-order chi connectivity index (χ1) is 16.8. The molecule has 0 atom stereocenters. The van der Waals surface area contributed by atoms with E-state index in [0.29, 0.717) is 39.2 Å². The molecule has 0 bridgehead atoms. The lowest BCUT2D eigenvalue weighted by Crippen LogP contribution is -2.21. The number of para-hydroxylation sites is 1. The zero-order valence-electron chi connectivity index (χ0n) is 19.5. The highest BCUT2D eigenvalue weighted by Gasteiger charge is 2.19. The molecule has 5 aromatic rings.